The lowest BCUT2D eigenvalue weighted by Gasteiger charge is -2.33. The Hall–Kier alpha value is -4.92. The fourth-order valence-electron chi connectivity index (χ4n) is 6.99. The van der Waals surface area contributed by atoms with Gasteiger partial charge >= 0.3 is 12.2 Å². The largest absolute Gasteiger partial charge is 0.444 e. The van der Waals surface area contributed by atoms with Crippen molar-refractivity contribution in [2.75, 3.05) is 18.4 Å². The molecule has 1 atom stereocenters. The number of rotatable bonds is 7. The third-order valence-electron chi connectivity index (χ3n) is 9.38. The van der Waals surface area contributed by atoms with E-state index in [1.54, 1.807) is 17.3 Å². The Morgan fingerprint density at radius 1 is 0.940 bits per heavy atom. The van der Waals surface area contributed by atoms with Crippen molar-refractivity contribution in [2.24, 2.45) is 5.92 Å². The fourth-order valence-corrected chi connectivity index (χ4v) is 6.99. The van der Waals surface area contributed by atoms with Crippen molar-refractivity contribution >= 4 is 34.9 Å². The number of likely N-dealkylation sites (tertiary alicyclic amines) is 1. The van der Waals surface area contributed by atoms with E-state index in [9.17, 15) is 14.9 Å². The minimum absolute atomic E-state index is 0.000553. The van der Waals surface area contributed by atoms with Crippen LogP contribution in [0.5, 0.6) is 0 Å². The van der Waals surface area contributed by atoms with Gasteiger partial charge in [0, 0.05) is 42.1 Å². The van der Waals surface area contributed by atoms with Gasteiger partial charge in [0.05, 0.1) is 30.4 Å². The second-order valence-electron chi connectivity index (χ2n) is 15.5. The number of anilines is 2. The van der Waals surface area contributed by atoms with Gasteiger partial charge in [0.15, 0.2) is 5.65 Å². The van der Waals surface area contributed by atoms with Crippen LogP contribution < -0.4 is 5.32 Å². The number of piperidine rings is 1. The van der Waals surface area contributed by atoms with E-state index in [4.69, 9.17) is 24.5 Å². The number of aromatic nitrogens is 5. The molecular weight excluding hydrogens is 632 g/mol. The topological polar surface area (TPSA) is 140 Å². The standard InChI is InChI=1S/C38H48N8O4/c1-37(2,3)49-35(47)44-20-16-26(17-21-44)25-11-13-29(14-12-25)41-34-42-32(30-18-22-45(33(30)43-34)36(48)50-38(4,5)6)28-23-40-46(24-28)31(15-19-39)27-9-7-8-10-27/h11-14,18,22-24,26-27,31H,7-10,15-17,20-21H2,1-6H3,(H,41,42,43)/t31-/m1/s1. The van der Waals surface area contributed by atoms with Crippen molar-refractivity contribution in [3.8, 4) is 17.3 Å². The summed E-state index contributed by atoms with van der Waals surface area (Å²) in [7, 11) is 0. The molecule has 1 aromatic carbocycles. The quantitative estimate of drug-likeness (QED) is 0.203. The summed E-state index contributed by atoms with van der Waals surface area (Å²) in [6, 6.07) is 12.4. The molecule has 6 rings (SSSR count). The van der Waals surface area contributed by atoms with Gasteiger partial charge in [-0.2, -0.15) is 15.3 Å². The summed E-state index contributed by atoms with van der Waals surface area (Å²) in [4.78, 5) is 37.3. The summed E-state index contributed by atoms with van der Waals surface area (Å²) >= 11 is 0. The predicted molar refractivity (Wildman–Crippen MR) is 191 cm³/mol. The molecule has 0 bridgehead atoms. The minimum Gasteiger partial charge on any atom is -0.444 e. The molecule has 12 heteroatoms. The van der Waals surface area contributed by atoms with Crippen LogP contribution in [0.15, 0.2) is 48.9 Å². The Morgan fingerprint density at radius 2 is 1.60 bits per heavy atom. The van der Waals surface area contributed by atoms with Gasteiger partial charge in [0.1, 0.15) is 11.2 Å². The first-order valence-electron chi connectivity index (χ1n) is 17.7. The first-order valence-corrected chi connectivity index (χ1v) is 17.7. The minimum atomic E-state index is -0.685. The third-order valence-corrected chi connectivity index (χ3v) is 9.38. The van der Waals surface area contributed by atoms with E-state index in [0.29, 0.717) is 54.0 Å². The van der Waals surface area contributed by atoms with E-state index in [2.05, 4.69) is 23.5 Å². The van der Waals surface area contributed by atoms with Crippen LogP contribution in [-0.2, 0) is 9.47 Å². The van der Waals surface area contributed by atoms with Crippen molar-refractivity contribution in [2.45, 2.75) is 110 Å². The zero-order valence-electron chi connectivity index (χ0n) is 30.0. The molecule has 0 spiro atoms. The molecule has 12 nitrogen and oxygen atoms in total. The molecule has 1 aliphatic carbocycles. The van der Waals surface area contributed by atoms with Gasteiger partial charge < -0.3 is 19.7 Å². The molecule has 0 unspecified atom stereocenters. The first-order chi connectivity index (χ1) is 23.8. The lowest BCUT2D eigenvalue weighted by molar-refractivity contribution is 0.0204. The Bertz CT molecular complexity index is 1860. The number of amides is 1. The highest BCUT2D eigenvalue weighted by molar-refractivity contribution is 5.96. The van der Waals surface area contributed by atoms with Crippen molar-refractivity contribution in [1.82, 2.24) is 29.2 Å². The number of ether oxygens (including phenoxy) is 2. The average molecular weight is 681 g/mol. The molecule has 1 amide bonds. The van der Waals surface area contributed by atoms with Gasteiger partial charge in [-0.15, -0.1) is 0 Å². The summed E-state index contributed by atoms with van der Waals surface area (Å²) in [6.45, 7) is 12.4. The molecule has 1 aliphatic heterocycles. The molecule has 4 aromatic rings. The molecule has 2 fully saturated rings. The van der Waals surface area contributed by atoms with E-state index < -0.39 is 17.3 Å². The van der Waals surface area contributed by atoms with Crippen LogP contribution in [0.1, 0.15) is 104 Å². The smallest absolute Gasteiger partial charge is 0.420 e. The number of nitriles is 1. The Morgan fingerprint density at radius 3 is 2.24 bits per heavy atom. The van der Waals surface area contributed by atoms with Gasteiger partial charge in [0.25, 0.3) is 0 Å². The molecular formula is C38H48N8O4. The number of hydrogen-bond donors (Lipinski definition) is 1. The number of hydrogen-bond acceptors (Lipinski definition) is 9. The number of benzene rings is 1. The van der Waals surface area contributed by atoms with Gasteiger partial charge in [0.2, 0.25) is 5.95 Å². The van der Waals surface area contributed by atoms with Crippen molar-refractivity contribution in [1.29, 1.82) is 5.26 Å². The molecule has 1 saturated heterocycles. The molecule has 1 N–H and O–H groups in total. The van der Waals surface area contributed by atoms with Gasteiger partial charge in [-0.1, -0.05) is 25.0 Å². The monoisotopic (exact) mass is 680 g/mol. The summed E-state index contributed by atoms with van der Waals surface area (Å²) in [5, 5.41) is 18.4. The zero-order valence-corrected chi connectivity index (χ0v) is 30.0. The van der Waals surface area contributed by atoms with Gasteiger partial charge in [-0.3, -0.25) is 4.68 Å². The lowest BCUT2D eigenvalue weighted by Crippen LogP contribution is -2.41. The molecule has 1 saturated carbocycles. The predicted octanol–water partition coefficient (Wildman–Crippen LogP) is 8.58. The average Bonchev–Trinajstić information content (AvgIpc) is 3.84. The number of nitrogens with one attached hydrogen (secondary N) is 1. The van der Waals surface area contributed by atoms with Crippen LogP contribution in [0.4, 0.5) is 21.2 Å². The van der Waals surface area contributed by atoms with E-state index in [0.717, 1.165) is 36.9 Å². The highest BCUT2D eigenvalue weighted by atomic mass is 16.6. The van der Waals surface area contributed by atoms with Crippen LogP contribution in [0, 0.1) is 17.2 Å². The SMILES string of the molecule is CC(C)(C)OC(=O)N1CCC(c2ccc(Nc3nc(-c4cnn([C@H](CC#N)C5CCCC5)c4)c4ccn(C(=O)OC(C)(C)C)c4n3)cc2)CC1. The highest BCUT2D eigenvalue weighted by Crippen LogP contribution is 2.37. The van der Waals surface area contributed by atoms with E-state index >= 15 is 0 Å². The Labute approximate surface area is 293 Å². The fraction of sp³-hybridized carbons (Fsp3) is 0.526. The highest BCUT2D eigenvalue weighted by Gasteiger charge is 2.29. The van der Waals surface area contributed by atoms with Crippen LogP contribution >= 0.6 is 0 Å². The molecule has 3 aromatic heterocycles. The summed E-state index contributed by atoms with van der Waals surface area (Å²) < 4.78 is 14.6. The molecule has 2 aliphatic rings. The van der Waals surface area contributed by atoms with Gasteiger partial charge in [-0.05, 0) is 103 Å². The number of nitrogens with zero attached hydrogens (tertiary/aromatic N) is 7. The maximum atomic E-state index is 13.3. The van der Waals surface area contributed by atoms with Gasteiger partial charge in [-0.25, -0.2) is 19.1 Å². The van der Waals surface area contributed by atoms with Crippen LogP contribution in [-0.4, -0.2) is 65.7 Å². The molecule has 0 radical (unpaired) electrons. The number of fused-ring (bicyclic) bond motifs is 1. The Balaban J connectivity index is 1.26. The van der Waals surface area contributed by atoms with Crippen LogP contribution in [0.3, 0.4) is 0 Å². The summed E-state index contributed by atoms with van der Waals surface area (Å²) in [5.74, 6) is 1.08. The number of carbonyl (C=O) groups is 2. The maximum Gasteiger partial charge on any atom is 0.420 e. The van der Waals surface area contributed by atoms with Crippen LogP contribution in [0.2, 0.25) is 0 Å². The second-order valence-corrected chi connectivity index (χ2v) is 15.5. The zero-order chi connectivity index (χ0) is 35.6. The second kappa shape index (κ2) is 14.1. The molecule has 4 heterocycles. The van der Waals surface area contributed by atoms with Crippen LogP contribution in [0.25, 0.3) is 22.3 Å². The summed E-state index contributed by atoms with van der Waals surface area (Å²) in [5.41, 5.74) is 2.62. The maximum absolute atomic E-state index is 13.3. The van der Waals surface area contributed by atoms with Crippen molar-refractivity contribution in [3.63, 3.8) is 0 Å². The summed E-state index contributed by atoms with van der Waals surface area (Å²) in [6.07, 6.45) is 11.3. The number of carbonyl (C=O) groups excluding carboxylic acids is 2. The Kier molecular flexibility index (Phi) is 9.87. The van der Waals surface area contributed by atoms with Crippen molar-refractivity contribution < 1.29 is 19.1 Å². The first kappa shape index (κ1) is 34.9. The van der Waals surface area contributed by atoms with Crippen molar-refractivity contribution in [3.05, 3.63) is 54.5 Å². The van der Waals surface area contributed by atoms with E-state index in [1.165, 1.54) is 23.0 Å². The lowest BCUT2D eigenvalue weighted by atomic mass is 9.89. The van der Waals surface area contributed by atoms with E-state index in [-0.39, 0.29) is 12.1 Å². The normalized spacial score (nSPS) is 16.7. The third kappa shape index (κ3) is 8.09. The molecule has 264 valence electrons. The molecule has 50 heavy (non-hydrogen) atoms. The van der Waals surface area contributed by atoms with E-state index in [1.807, 2.05) is 70.6 Å².